The fraction of sp³-hybridized carbons (Fsp3) is 1.00. The van der Waals surface area contributed by atoms with Crippen LogP contribution < -0.4 is 0 Å². The number of hydrogen-bond acceptors (Lipinski definition) is 2. The molecule has 0 amide bonds. The molecule has 0 N–H and O–H groups in total. The van der Waals surface area contributed by atoms with Crippen LogP contribution in [-0.4, -0.2) is 37.0 Å². The quantitative estimate of drug-likeness (QED) is 0.385. The van der Waals surface area contributed by atoms with Gasteiger partial charge in [0.2, 0.25) is 0 Å². The maximum Gasteiger partial charge on any atom is 0.438 e. The predicted octanol–water partition coefficient (Wildman–Crippen LogP) is 1.55. The van der Waals surface area contributed by atoms with Gasteiger partial charge in [0.15, 0.2) is 0 Å². The van der Waals surface area contributed by atoms with E-state index in [2.05, 4.69) is 0 Å². The van der Waals surface area contributed by atoms with E-state index in [-0.39, 0.29) is 0 Å². The second kappa shape index (κ2) is 3.41. The van der Waals surface area contributed by atoms with Crippen LogP contribution in [0, 0.1) is 0 Å². The molecule has 56 valence electrons. The van der Waals surface area contributed by atoms with Gasteiger partial charge in [-0.15, -0.1) is 33.2 Å². The minimum absolute atomic E-state index is 1.62. The lowest BCUT2D eigenvalue weighted by Crippen LogP contribution is -2.45. The average Bonchev–Trinajstić information content (AvgIpc) is 1.62. The molecule has 6 heteroatoms. The van der Waals surface area contributed by atoms with Crippen LogP contribution in [0.15, 0.2) is 0 Å². The minimum atomic E-state index is -2.65. The van der Waals surface area contributed by atoms with Gasteiger partial charge in [0.05, 0.1) is 0 Å². The van der Waals surface area contributed by atoms with Crippen LogP contribution in [-0.2, 0) is 0 Å². The Bertz CT molecular complexity index is 91.5. The molecule has 0 heterocycles. The van der Waals surface area contributed by atoms with Crippen molar-refractivity contribution in [1.29, 1.82) is 0 Å². The van der Waals surface area contributed by atoms with Gasteiger partial charge in [-0.25, -0.2) is 4.67 Å². The third-order valence-electron chi connectivity index (χ3n) is 0.967. The van der Waals surface area contributed by atoms with Crippen LogP contribution in [0.4, 0.5) is 0 Å². The zero-order valence-electron chi connectivity index (χ0n) is 5.53. The summed E-state index contributed by atoms with van der Waals surface area (Å²) in [5.41, 5.74) is 0. The van der Waals surface area contributed by atoms with Crippen LogP contribution >= 0.6 is 33.2 Å². The third-order valence-corrected chi connectivity index (χ3v) is 4.30. The molecule has 9 heavy (non-hydrogen) atoms. The normalized spacial score (nSPS) is 13.3. The van der Waals surface area contributed by atoms with Gasteiger partial charge in [-0.1, -0.05) is 0 Å². The van der Waals surface area contributed by atoms with Crippen molar-refractivity contribution in [2.24, 2.45) is 0 Å². The molecule has 0 saturated carbocycles. The highest BCUT2D eigenvalue weighted by Gasteiger charge is 2.33. The van der Waals surface area contributed by atoms with E-state index < -0.39 is 6.16 Å². The largest absolute Gasteiger partial charge is 0.438 e. The SMILES string of the molecule is CN(C)N(C)[Si](Cl)(Cl)Cl. The Labute approximate surface area is 70.4 Å². The van der Waals surface area contributed by atoms with Crippen LogP contribution in [0.25, 0.3) is 0 Å². The maximum atomic E-state index is 5.63. The molecule has 0 aromatic rings. The van der Waals surface area contributed by atoms with E-state index in [9.17, 15) is 0 Å². The summed E-state index contributed by atoms with van der Waals surface area (Å²) in [6.07, 6.45) is -2.65. The summed E-state index contributed by atoms with van der Waals surface area (Å²) in [6.45, 7) is 0. The Kier molecular flexibility index (Phi) is 3.79. The molecular weight excluding hydrogens is 198 g/mol. The summed E-state index contributed by atoms with van der Waals surface area (Å²) in [5.74, 6) is 0. The van der Waals surface area contributed by atoms with Crippen molar-refractivity contribution >= 4 is 39.4 Å². The summed E-state index contributed by atoms with van der Waals surface area (Å²) < 4.78 is 1.62. The molecule has 0 rings (SSSR count). The lowest BCUT2D eigenvalue weighted by atomic mass is 11.1. The van der Waals surface area contributed by atoms with E-state index in [1.807, 2.05) is 14.1 Å². The first-order valence-corrected chi connectivity index (χ1v) is 7.31. The van der Waals surface area contributed by atoms with Gasteiger partial charge < -0.3 is 0 Å². The van der Waals surface area contributed by atoms with Crippen LogP contribution in [0.2, 0.25) is 0 Å². The van der Waals surface area contributed by atoms with Gasteiger partial charge in [-0.3, -0.25) is 5.01 Å². The number of hydrogen-bond donors (Lipinski definition) is 0. The Morgan fingerprint density at radius 3 is 1.33 bits per heavy atom. The third kappa shape index (κ3) is 3.65. The van der Waals surface area contributed by atoms with E-state index in [0.717, 1.165) is 0 Å². The molecule has 0 atom stereocenters. The first kappa shape index (κ1) is 10.0. The number of rotatable bonds is 2. The van der Waals surface area contributed by atoms with Crippen molar-refractivity contribution in [1.82, 2.24) is 9.68 Å². The summed E-state index contributed by atoms with van der Waals surface area (Å²) >= 11 is 16.9. The highest BCUT2D eigenvalue weighted by Crippen LogP contribution is 2.23. The monoisotopic (exact) mass is 206 g/mol. The Hall–Kier alpha value is 1.01. The fourth-order valence-corrected chi connectivity index (χ4v) is 2.04. The topological polar surface area (TPSA) is 6.48 Å². The van der Waals surface area contributed by atoms with Crippen molar-refractivity contribution in [3.05, 3.63) is 0 Å². The van der Waals surface area contributed by atoms with Gasteiger partial charge in [-0.05, 0) is 7.05 Å². The number of halogens is 3. The first-order chi connectivity index (χ1) is 3.85. The number of nitrogens with zero attached hydrogens (tertiary/aromatic N) is 2. The van der Waals surface area contributed by atoms with E-state index in [4.69, 9.17) is 33.2 Å². The molecule has 0 aliphatic carbocycles. The Morgan fingerprint density at radius 2 is 1.33 bits per heavy atom. The molecule has 0 spiro atoms. The van der Waals surface area contributed by atoms with Crippen molar-refractivity contribution in [2.75, 3.05) is 21.1 Å². The first-order valence-electron chi connectivity index (χ1n) is 2.33. The van der Waals surface area contributed by atoms with E-state index >= 15 is 0 Å². The molecule has 0 unspecified atom stereocenters. The molecular formula is C3H9Cl3N2Si. The smallest absolute Gasteiger partial charge is 0.252 e. The molecule has 0 aliphatic rings. The molecule has 0 saturated heterocycles. The fourth-order valence-electron chi connectivity index (χ4n) is 0.227. The molecule has 0 fully saturated rings. The van der Waals surface area contributed by atoms with Crippen molar-refractivity contribution < 1.29 is 0 Å². The van der Waals surface area contributed by atoms with Gasteiger partial charge in [0.25, 0.3) is 0 Å². The maximum absolute atomic E-state index is 5.63. The summed E-state index contributed by atoms with van der Waals surface area (Å²) in [5, 5.41) is 1.75. The molecule has 0 bridgehead atoms. The second-order valence-electron chi connectivity index (χ2n) is 1.84. The molecule has 0 aromatic carbocycles. The standard InChI is InChI=1S/C3H9Cl3N2Si/c1-7(2)8(3)9(4,5)6/h1-3H3. The van der Waals surface area contributed by atoms with Gasteiger partial charge in [0, 0.05) is 14.1 Å². The van der Waals surface area contributed by atoms with E-state index in [1.165, 1.54) is 0 Å². The van der Waals surface area contributed by atoms with Crippen LogP contribution in [0.3, 0.4) is 0 Å². The zero-order valence-corrected chi connectivity index (χ0v) is 8.80. The Morgan fingerprint density at radius 1 is 1.00 bits per heavy atom. The summed E-state index contributed by atoms with van der Waals surface area (Å²) in [6, 6.07) is 0. The van der Waals surface area contributed by atoms with E-state index in [0.29, 0.717) is 0 Å². The highest BCUT2D eigenvalue weighted by atomic mass is 35.8. The lowest BCUT2D eigenvalue weighted by molar-refractivity contribution is 0.159. The van der Waals surface area contributed by atoms with Crippen LogP contribution in [0.1, 0.15) is 0 Å². The predicted molar refractivity (Wildman–Crippen MR) is 44.8 cm³/mol. The van der Waals surface area contributed by atoms with Gasteiger partial charge >= 0.3 is 6.16 Å². The molecule has 0 radical (unpaired) electrons. The summed E-state index contributed by atoms with van der Waals surface area (Å²) in [7, 11) is 5.41. The van der Waals surface area contributed by atoms with Gasteiger partial charge in [0.1, 0.15) is 0 Å². The molecule has 2 nitrogen and oxygen atoms in total. The summed E-state index contributed by atoms with van der Waals surface area (Å²) in [4.78, 5) is 0. The number of hydrazine groups is 1. The van der Waals surface area contributed by atoms with Crippen molar-refractivity contribution in [3.63, 3.8) is 0 Å². The van der Waals surface area contributed by atoms with Gasteiger partial charge in [-0.2, -0.15) is 0 Å². The zero-order chi connectivity index (χ0) is 7.65. The van der Waals surface area contributed by atoms with Crippen molar-refractivity contribution in [2.45, 2.75) is 0 Å². The molecule has 0 aliphatic heterocycles. The molecule has 0 aromatic heterocycles. The minimum Gasteiger partial charge on any atom is -0.252 e. The average molecular weight is 208 g/mol. The van der Waals surface area contributed by atoms with Crippen LogP contribution in [0.5, 0.6) is 0 Å². The second-order valence-corrected chi connectivity index (χ2v) is 10.1. The van der Waals surface area contributed by atoms with Crippen molar-refractivity contribution in [3.8, 4) is 0 Å². The van der Waals surface area contributed by atoms with E-state index in [1.54, 1.807) is 16.7 Å². The Balaban J connectivity index is 3.88. The highest BCUT2D eigenvalue weighted by molar-refractivity contribution is 7.63. The lowest BCUT2D eigenvalue weighted by Gasteiger charge is -2.28.